The van der Waals surface area contributed by atoms with Crippen LogP contribution in [0.1, 0.15) is 31.4 Å². The third-order valence-corrected chi connectivity index (χ3v) is 7.08. The second-order valence-electron chi connectivity index (χ2n) is 9.32. The summed E-state index contributed by atoms with van der Waals surface area (Å²) in [5, 5.41) is 10.4. The normalized spacial score (nSPS) is 28.4. The molecule has 6 atom stereocenters. The Morgan fingerprint density at radius 2 is 1.90 bits per heavy atom. The van der Waals surface area contributed by atoms with Gasteiger partial charge in [0, 0.05) is 21.1 Å². The van der Waals surface area contributed by atoms with E-state index >= 15 is 0 Å². The molecule has 2 heterocycles. The van der Waals surface area contributed by atoms with Crippen molar-refractivity contribution in [2.24, 2.45) is 0 Å². The van der Waals surface area contributed by atoms with Crippen molar-refractivity contribution < 1.29 is 24.1 Å². The van der Waals surface area contributed by atoms with E-state index in [1.165, 1.54) is 0 Å². The zero-order valence-corrected chi connectivity index (χ0v) is 19.1. The maximum Gasteiger partial charge on any atom is 0.147 e. The summed E-state index contributed by atoms with van der Waals surface area (Å²) in [4.78, 5) is 0. The third kappa shape index (κ3) is 7.96. The molecule has 2 aliphatic heterocycles. The summed E-state index contributed by atoms with van der Waals surface area (Å²) in [5.74, 6) is 0. The average molecular weight is 421 g/mol. The minimum atomic E-state index is -1.04. The molecule has 0 radical (unpaired) electrons. The van der Waals surface area contributed by atoms with Crippen LogP contribution in [0.2, 0.25) is 25.7 Å². The Labute approximate surface area is 176 Å². The van der Waals surface area contributed by atoms with E-state index in [0.29, 0.717) is 13.2 Å². The smallest absolute Gasteiger partial charge is 0.147 e. The minimum absolute atomic E-state index is 0.0225. The van der Waals surface area contributed by atoms with Crippen LogP contribution in [0.4, 0.5) is 0 Å². The second-order valence-corrected chi connectivity index (χ2v) is 14.9. The molecule has 3 rings (SSSR count). The quantitative estimate of drug-likeness (QED) is 0.169. The topological polar surface area (TPSA) is 63.8 Å². The number of rotatable bonds is 13. The lowest BCUT2D eigenvalue weighted by Gasteiger charge is -2.16. The van der Waals surface area contributed by atoms with Gasteiger partial charge in [-0.3, -0.25) is 0 Å². The lowest BCUT2D eigenvalue weighted by molar-refractivity contribution is -0.0665. The van der Waals surface area contributed by atoms with Crippen LogP contribution in [0, 0.1) is 0 Å². The van der Waals surface area contributed by atoms with Crippen LogP contribution in [-0.4, -0.2) is 57.1 Å². The van der Waals surface area contributed by atoms with E-state index in [-0.39, 0.29) is 30.5 Å². The first-order valence-electron chi connectivity index (χ1n) is 10.7. The third-order valence-electron chi connectivity index (χ3n) is 5.38. The minimum Gasteiger partial charge on any atom is -0.390 e. The molecule has 1 aromatic rings. The number of hydrogen-bond donors (Lipinski definition) is 1. The number of aliphatic hydroxyl groups excluding tert-OH is 1. The monoisotopic (exact) mass is 420 g/mol. The van der Waals surface area contributed by atoms with Crippen molar-refractivity contribution >= 4 is 8.07 Å². The Bertz CT molecular complexity index is 644. The lowest BCUT2D eigenvalue weighted by Crippen LogP contribution is -2.22. The fourth-order valence-corrected chi connectivity index (χ4v) is 4.10. The van der Waals surface area contributed by atoms with Crippen LogP contribution in [0.15, 0.2) is 42.5 Å². The zero-order chi connectivity index (χ0) is 20.9. The van der Waals surface area contributed by atoms with E-state index in [1.807, 2.05) is 43.3 Å². The van der Waals surface area contributed by atoms with Gasteiger partial charge in [-0.15, -0.1) is 0 Å². The molecule has 1 N–H and O–H groups in total. The van der Waals surface area contributed by atoms with Crippen LogP contribution in [0.3, 0.4) is 0 Å². The van der Waals surface area contributed by atoms with Crippen molar-refractivity contribution in [2.75, 3.05) is 13.4 Å². The first-order valence-corrected chi connectivity index (χ1v) is 14.4. The molecule has 0 bridgehead atoms. The van der Waals surface area contributed by atoms with Gasteiger partial charge < -0.3 is 24.1 Å². The number of benzene rings is 1. The molecular formula is C23H36O5Si. The van der Waals surface area contributed by atoms with Gasteiger partial charge in [0.15, 0.2) is 0 Å². The van der Waals surface area contributed by atoms with E-state index in [1.54, 1.807) is 0 Å². The van der Waals surface area contributed by atoms with Crippen molar-refractivity contribution in [1.82, 2.24) is 0 Å². The molecule has 5 nitrogen and oxygen atoms in total. The molecule has 4 unspecified atom stereocenters. The molecule has 0 spiro atoms. The molecule has 2 saturated heterocycles. The van der Waals surface area contributed by atoms with E-state index < -0.39 is 14.2 Å². The molecule has 0 saturated carbocycles. The Balaban J connectivity index is 1.24. The Hall–Kier alpha value is -1.02. The summed E-state index contributed by atoms with van der Waals surface area (Å²) in [6, 6.07) is 11.2. The lowest BCUT2D eigenvalue weighted by atomic mass is 10.0. The van der Waals surface area contributed by atoms with Gasteiger partial charge in [0.25, 0.3) is 0 Å². The fourth-order valence-electron chi connectivity index (χ4n) is 3.35. The van der Waals surface area contributed by atoms with Crippen molar-refractivity contribution in [1.29, 1.82) is 0 Å². The first kappa shape index (κ1) is 22.7. The van der Waals surface area contributed by atoms with Gasteiger partial charge in [0.1, 0.15) is 19.0 Å². The molecule has 29 heavy (non-hydrogen) atoms. The van der Waals surface area contributed by atoms with E-state index in [2.05, 4.69) is 25.7 Å². The van der Waals surface area contributed by atoms with Crippen molar-refractivity contribution in [3.8, 4) is 0 Å². The SMILES string of the molecule is C[C@H](/C=C\CC1OC1C[C@@H](O)C1OC1c1ccccc1)OCOCC[Si](C)(C)C. The number of ether oxygens (including phenoxy) is 4. The molecule has 0 aromatic heterocycles. The highest BCUT2D eigenvalue weighted by atomic mass is 28.3. The fraction of sp³-hybridized carbons (Fsp3) is 0.652. The van der Waals surface area contributed by atoms with Gasteiger partial charge in [-0.05, 0) is 25.0 Å². The van der Waals surface area contributed by atoms with Crippen LogP contribution < -0.4 is 0 Å². The largest absolute Gasteiger partial charge is 0.390 e. The summed E-state index contributed by atoms with van der Waals surface area (Å²) < 4.78 is 22.6. The van der Waals surface area contributed by atoms with Crippen molar-refractivity contribution in [2.45, 2.75) is 82.1 Å². The molecule has 0 aliphatic carbocycles. The molecule has 162 valence electrons. The average Bonchev–Trinajstić information content (AvgIpc) is 3.57. The highest BCUT2D eigenvalue weighted by molar-refractivity contribution is 6.76. The Kier molecular flexibility index (Phi) is 8.07. The van der Waals surface area contributed by atoms with Crippen LogP contribution >= 0.6 is 0 Å². The molecule has 2 aliphatic rings. The summed E-state index contributed by atoms with van der Waals surface area (Å²) in [5.41, 5.74) is 1.13. The van der Waals surface area contributed by atoms with Gasteiger partial charge in [-0.1, -0.05) is 62.1 Å². The molecule has 2 fully saturated rings. The highest BCUT2D eigenvalue weighted by Crippen LogP contribution is 2.43. The van der Waals surface area contributed by atoms with Gasteiger partial charge in [-0.25, -0.2) is 0 Å². The number of hydrogen-bond acceptors (Lipinski definition) is 5. The van der Waals surface area contributed by atoms with Gasteiger partial charge in [-0.2, -0.15) is 0 Å². The van der Waals surface area contributed by atoms with E-state index in [0.717, 1.165) is 24.6 Å². The van der Waals surface area contributed by atoms with Crippen molar-refractivity contribution in [3.05, 3.63) is 48.0 Å². The van der Waals surface area contributed by atoms with E-state index in [4.69, 9.17) is 18.9 Å². The standard InChI is InChI=1S/C23H36O5Si/c1-17(26-16-25-13-14-29(2,3)4)9-8-12-20-21(27-20)15-19(24)23-22(28-23)18-10-6-5-7-11-18/h5-11,17,19-24H,12-16H2,1-4H3/b9-8-/t17-,19-,20?,21?,22?,23?/m1/s1. The predicted octanol–water partition coefficient (Wildman–Crippen LogP) is 4.31. The summed E-state index contributed by atoms with van der Waals surface area (Å²) in [6.45, 7) is 10.2. The molecule has 6 heteroatoms. The van der Waals surface area contributed by atoms with Crippen molar-refractivity contribution in [3.63, 3.8) is 0 Å². The maximum absolute atomic E-state index is 10.4. The van der Waals surface area contributed by atoms with Gasteiger partial charge in [0.2, 0.25) is 0 Å². The predicted molar refractivity (Wildman–Crippen MR) is 117 cm³/mol. The summed E-state index contributed by atoms with van der Waals surface area (Å²) in [6.07, 6.45) is 5.40. The van der Waals surface area contributed by atoms with Crippen LogP contribution in [0.25, 0.3) is 0 Å². The zero-order valence-electron chi connectivity index (χ0n) is 18.1. The molecular weight excluding hydrogens is 384 g/mol. The van der Waals surface area contributed by atoms with Crippen LogP contribution in [-0.2, 0) is 18.9 Å². The highest BCUT2D eigenvalue weighted by Gasteiger charge is 2.49. The molecule has 1 aromatic carbocycles. The van der Waals surface area contributed by atoms with Gasteiger partial charge >= 0.3 is 0 Å². The van der Waals surface area contributed by atoms with Crippen LogP contribution in [0.5, 0.6) is 0 Å². The number of aliphatic hydroxyl groups is 1. The number of epoxide rings is 2. The summed E-state index contributed by atoms with van der Waals surface area (Å²) >= 11 is 0. The molecule has 0 amide bonds. The maximum atomic E-state index is 10.4. The van der Waals surface area contributed by atoms with E-state index in [9.17, 15) is 5.11 Å². The Morgan fingerprint density at radius 3 is 2.62 bits per heavy atom. The Morgan fingerprint density at radius 1 is 1.14 bits per heavy atom. The first-order chi connectivity index (χ1) is 13.8. The van der Waals surface area contributed by atoms with Gasteiger partial charge in [0.05, 0.1) is 24.4 Å². The summed E-state index contributed by atoms with van der Waals surface area (Å²) in [7, 11) is -1.04. The second kappa shape index (κ2) is 10.3.